The van der Waals surface area contributed by atoms with Crippen molar-refractivity contribution < 1.29 is 9.47 Å². The Bertz CT molecular complexity index is 581. The highest BCUT2D eigenvalue weighted by atomic mass is 35.5. The maximum atomic E-state index is 6.11. The van der Waals surface area contributed by atoms with Crippen LogP contribution in [-0.4, -0.2) is 19.2 Å². The van der Waals surface area contributed by atoms with Gasteiger partial charge < -0.3 is 9.47 Å². The summed E-state index contributed by atoms with van der Waals surface area (Å²) >= 11 is 6.11. The molecule has 4 heteroatoms. The van der Waals surface area contributed by atoms with Crippen molar-refractivity contribution in [3.8, 4) is 11.5 Å². The summed E-state index contributed by atoms with van der Waals surface area (Å²) in [7, 11) is 3.26. The third-order valence-corrected chi connectivity index (χ3v) is 3.37. The summed E-state index contributed by atoms with van der Waals surface area (Å²) < 4.78 is 10.7. The Morgan fingerprint density at radius 2 is 1.59 bits per heavy atom. The summed E-state index contributed by atoms with van der Waals surface area (Å²) in [4.78, 5) is 4.38. The minimum absolute atomic E-state index is 0.501. The molecule has 0 fully saturated rings. The quantitative estimate of drug-likeness (QED) is 0.766. The van der Waals surface area contributed by atoms with E-state index >= 15 is 0 Å². The number of benzene rings is 1. The van der Waals surface area contributed by atoms with Gasteiger partial charge in [0.1, 0.15) is 22.2 Å². The molecule has 0 saturated heterocycles. The van der Waals surface area contributed by atoms with E-state index in [0.29, 0.717) is 10.9 Å². The van der Waals surface area contributed by atoms with Crippen molar-refractivity contribution in [2.24, 2.45) is 0 Å². The lowest BCUT2D eigenvalue weighted by atomic mass is 10.0. The molecule has 1 heterocycles. The number of hydrogen-bond donors (Lipinski definition) is 0. The molecule has 0 atom stereocenters. The number of pyridine rings is 1. The molecule has 1 aromatic heterocycles. The predicted molar refractivity (Wildman–Crippen MR) is 69.3 cm³/mol. The first-order chi connectivity index (χ1) is 8.10. The Morgan fingerprint density at radius 3 is 2.18 bits per heavy atom. The van der Waals surface area contributed by atoms with E-state index in [1.54, 1.807) is 14.2 Å². The number of aromatic nitrogens is 1. The zero-order valence-electron chi connectivity index (χ0n) is 10.3. The molecule has 0 aliphatic heterocycles. The Morgan fingerprint density at radius 1 is 1.00 bits per heavy atom. The largest absolute Gasteiger partial charge is 0.496 e. The summed E-state index contributed by atoms with van der Waals surface area (Å²) in [5.74, 6) is 1.48. The Labute approximate surface area is 105 Å². The van der Waals surface area contributed by atoms with E-state index in [2.05, 4.69) is 4.98 Å². The minimum atomic E-state index is 0.501. The van der Waals surface area contributed by atoms with Crippen molar-refractivity contribution in [2.75, 3.05) is 14.2 Å². The molecule has 90 valence electrons. The van der Waals surface area contributed by atoms with Crippen molar-refractivity contribution >= 4 is 22.5 Å². The second-order valence-electron chi connectivity index (χ2n) is 3.85. The second-order valence-corrected chi connectivity index (χ2v) is 4.20. The van der Waals surface area contributed by atoms with Crippen LogP contribution in [0.3, 0.4) is 0 Å². The number of aryl methyl sites for hydroxylation is 1. The number of methoxy groups -OCH3 is 2. The average Bonchev–Trinajstić information content (AvgIpc) is 2.34. The van der Waals surface area contributed by atoms with Crippen molar-refractivity contribution in [1.82, 2.24) is 4.98 Å². The standard InChI is InChI=1S/C13H14ClNO2/c1-7-8(2)13(14)15-12-10(17-4)6-5-9(16-3)11(7)12/h5-6H,1-4H3. The highest BCUT2D eigenvalue weighted by Gasteiger charge is 2.14. The van der Waals surface area contributed by atoms with Gasteiger partial charge in [-0.2, -0.15) is 0 Å². The van der Waals surface area contributed by atoms with Crippen molar-refractivity contribution in [3.05, 3.63) is 28.4 Å². The van der Waals surface area contributed by atoms with Crippen molar-refractivity contribution in [1.29, 1.82) is 0 Å². The molecule has 0 saturated carbocycles. The van der Waals surface area contributed by atoms with Gasteiger partial charge in [0.15, 0.2) is 0 Å². The first kappa shape index (κ1) is 12.0. The maximum absolute atomic E-state index is 6.11. The van der Waals surface area contributed by atoms with E-state index in [9.17, 15) is 0 Å². The van der Waals surface area contributed by atoms with Gasteiger partial charge in [0, 0.05) is 5.39 Å². The number of rotatable bonds is 2. The van der Waals surface area contributed by atoms with E-state index in [0.717, 1.165) is 27.8 Å². The third kappa shape index (κ3) is 1.80. The van der Waals surface area contributed by atoms with Crippen LogP contribution in [0.1, 0.15) is 11.1 Å². The molecule has 0 bridgehead atoms. The molecule has 2 aromatic rings. The Balaban J connectivity index is 2.96. The lowest BCUT2D eigenvalue weighted by Gasteiger charge is -2.13. The summed E-state index contributed by atoms with van der Waals surface area (Å²) in [5.41, 5.74) is 2.77. The molecule has 2 rings (SSSR count). The van der Waals surface area contributed by atoms with Crippen molar-refractivity contribution in [3.63, 3.8) is 0 Å². The highest BCUT2D eigenvalue weighted by molar-refractivity contribution is 6.30. The maximum Gasteiger partial charge on any atom is 0.145 e. The first-order valence-electron chi connectivity index (χ1n) is 5.27. The molecule has 0 N–H and O–H groups in total. The van der Waals surface area contributed by atoms with Gasteiger partial charge in [-0.25, -0.2) is 4.98 Å². The van der Waals surface area contributed by atoms with Crippen LogP contribution in [0, 0.1) is 13.8 Å². The fourth-order valence-electron chi connectivity index (χ4n) is 1.89. The van der Waals surface area contributed by atoms with Gasteiger partial charge in [-0.05, 0) is 37.1 Å². The van der Waals surface area contributed by atoms with E-state index in [1.807, 2.05) is 26.0 Å². The highest BCUT2D eigenvalue weighted by Crippen LogP contribution is 2.36. The van der Waals surface area contributed by atoms with Gasteiger partial charge in [0.25, 0.3) is 0 Å². The Hall–Kier alpha value is -1.48. The molecule has 0 amide bonds. The summed E-state index contributed by atoms with van der Waals surface area (Å²) in [6.45, 7) is 3.95. The topological polar surface area (TPSA) is 31.4 Å². The zero-order valence-corrected chi connectivity index (χ0v) is 11.1. The Kier molecular flexibility index (Phi) is 3.11. The molecule has 0 spiro atoms. The molecule has 1 aromatic carbocycles. The van der Waals surface area contributed by atoms with E-state index in [1.165, 1.54) is 0 Å². The smallest absolute Gasteiger partial charge is 0.145 e. The van der Waals surface area contributed by atoms with Crippen LogP contribution in [0.4, 0.5) is 0 Å². The van der Waals surface area contributed by atoms with Gasteiger partial charge in [0.2, 0.25) is 0 Å². The van der Waals surface area contributed by atoms with Crippen LogP contribution in [0.5, 0.6) is 11.5 Å². The molecule has 3 nitrogen and oxygen atoms in total. The third-order valence-electron chi connectivity index (χ3n) is 3.00. The van der Waals surface area contributed by atoms with E-state index in [-0.39, 0.29) is 0 Å². The van der Waals surface area contributed by atoms with Gasteiger partial charge in [-0.3, -0.25) is 0 Å². The second kappa shape index (κ2) is 4.41. The van der Waals surface area contributed by atoms with Crippen LogP contribution in [0.2, 0.25) is 5.15 Å². The van der Waals surface area contributed by atoms with Crippen LogP contribution in [0.25, 0.3) is 10.9 Å². The first-order valence-corrected chi connectivity index (χ1v) is 5.65. The molecular formula is C13H14ClNO2. The van der Waals surface area contributed by atoms with Crippen molar-refractivity contribution in [2.45, 2.75) is 13.8 Å². The fraction of sp³-hybridized carbons (Fsp3) is 0.308. The number of nitrogens with zero attached hydrogens (tertiary/aromatic N) is 1. The van der Waals surface area contributed by atoms with E-state index in [4.69, 9.17) is 21.1 Å². The average molecular weight is 252 g/mol. The number of hydrogen-bond acceptors (Lipinski definition) is 3. The minimum Gasteiger partial charge on any atom is -0.496 e. The fourth-order valence-corrected chi connectivity index (χ4v) is 2.11. The van der Waals surface area contributed by atoms with E-state index < -0.39 is 0 Å². The molecular weight excluding hydrogens is 238 g/mol. The SMILES string of the molecule is COc1ccc(OC)c2c(C)c(C)c(Cl)nc12. The number of fused-ring (bicyclic) bond motifs is 1. The number of halogens is 1. The molecule has 0 radical (unpaired) electrons. The van der Waals surface area contributed by atoms with Gasteiger partial charge >= 0.3 is 0 Å². The van der Waals surface area contributed by atoms with Crippen LogP contribution in [0.15, 0.2) is 12.1 Å². The monoisotopic (exact) mass is 251 g/mol. The molecule has 0 aliphatic rings. The van der Waals surface area contributed by atoms with Gasteiger partial charge in [-0.1, -0.05) is 11.6 Å². The lowest BCUT2D eigenvalue weighted by Crippen LogP contribution is -1.96. The van der Waals surface area contributed by atoms with Crippen LogP contribution < -0.4 is 9.47 Å². The van der Waals surface area contributed by atoms with Gasteiger partial charge in [0.05, 0.1) is 14.2 Å². The summed E-state index contributed by atoms with van der Waals surface area (Å²) in [6.07, 6.45) is 0. The number of ether oxygens (including phenoxy) is 2. The van der Waals surface area contributed by atoms with Crippen LogP contribution >= 0.6 is 11.6 Å². The molecule has 0 unspecified atom stereocenters. The molecule has 0 aliphatic carbocycles. The summed E-state index contributed by atoms with van der Waals surface area (Å²) in [5, 5.41) is 1.45. The van der Waals surface area contributed by atoms with Gasteiger partial charge in [-0.15, -0.1) is 0 Å². The normalized spacial score (nSPS) is 10.6. The predicted octanol–water partition coefficient (Wildman–Crippen LogP) is 3.52. The molecule has 17 heavy (non-hydrogen) atoms. The van der Waals surface area contributed by atoms with Crippen LogP contribution in [-0.2, 0) is 0 Å². The lowest BCUT2D eigenvalue weighted by molar-refractivity contribution is 0.409. The zero-order chi connectivity index (χ0) is 12.6. The summed E-state index contributed by atoms with van der Waals surface area (Å²) in [6, 6.07) is 3.71.